The van der Waals surface area contributed by atoms with Gasteiger partial charge in [0.05, 0.1) is 11.5 Å². The van der Waals surface area contributed by atoms with Crippen molar-refractivity contribution >= 4 is 24.0 Å². The Kier molecular flexibility index (Phi) is 8.56. The number of nitrogens with zero attached hydrogens (tertiary/aromatic N) is 3. The minimum atomic E-state index is -0.443. The van der Waals surface area contributed by atoms with Crippen LogP contribution in [0.25, 0.3) is 0 Å². The molecule has 0 atom stereocenters. The summed E-state index contributed by atoms with van der Waals surface area (Å²) in [6, 6.07) is 0. The van der Waals surface area contributed by atoms with E-state index in [4.69, 9.17) is 5.73 Å². The number of carbonyl (C=O) groups is 1. The van der Waals surface area contributed by atoms with Gasteiger partial charge in [0.15, 0.2) is 0 Å². The molecule has 1 amide bonds. The molecule has 1 heterocycles. The minimum absolute atomic E-state index is 0. The summed E-state index contributed by atoms with van der Waals surface area (Å²) in [6.07, 6.45) is 1.99. The first-order valence-electron chi connectivity index (χ1n) is 6.62. The van der Waals surface area contributed by atoms with Gasteiger partial charge in [0.1, 0.15) is 11.4 Å². The largest absolute Gasteiger partial charge is 0.356 e. The number of hydrogen-bond donors (Lipinski definition) is 2. The third kappa shape index (κ3) is 5.68. The van der Waals surface area contributed by atoms with Gasteiger partial charge in [-0.2, -0.15) is 5.10 Å². The van der Waals surface area contributed by atoms with Gasteiger partial charge >= 0.3 is 5.69 Å². The van der Waals surface area contributed by atoms with Gasteiger partial charge in [-0.3, -0.25) is 19.6 Å². The van der Waals surface area contributed by atoms with Crippen LogP contribution in [-0.2, 0) is 11.3 Å². The number of halogens is 1. The zero-order valence-corrected chi connectivity index (χ0v) is 13.1. The average molecular weight is 320 g/mol. The SMILES string of the molecule is Cc1nn(CCC(=O)NCCCCN)c(C)c1[N+](=O)[O-].Cl. The summed E-state index contributed by atoms with van der Waals surface area (Å²) in [5.74, 6) is -0.0859. The highest BCUT2D eigenvalue weighted by Gasteiger charge is 2.21. The molecule has 0 unspecified atom stereocenters. The van der Waals surface area contributed by atoms with E-state index < -0.39 is 4.92 Å². The van der Waals surface area contributed by atoms with Gasteiger partial charge in [0, 0.05) is 13.0 Å². The van der Waals surface area contributed by atoms with Crippen molar-refractivity contribution in [2.75, 3.05) is 13.1 Å². The van der Waals surface area contributed by atoms with Crippen LogP contribution < -0.4 is 11.1 Å². The molecule has 0 bridgehead atoms. The molecule has 8 nitrogen and oxygen atoms in total. The Bertz CT molecular complexity index is 489. The highest BCUT2D eigenvalue weighted by molar-refractivity contribution is 5.85. The van der Waals surface area contributed by atoms with Gasteiger partial charge in [-0.05, 0) is 33.2 Å². The van der Waals surface area contributed by atoms with Crippen molar-refractivity contribution in [3.05, 3.63) is 21.5 Å². The van der Waals surface area contributed by atoms with Crippen LogP contribution in [0.4, 0.5) is 5.69 Å². The average Bonchev–Trinajstić information content (AvgIpc) is 2.67. The summed E-state index contributed by atoms with van der Waals surface area (Å²) < 4.78 is 1.51. The van der Waals surface area contributed by atoms with Gasteiger partial charge in [-0.15, -0.1) is 12.4 Å². The summed E-state index contributed by atoms with van der Waals surface area (Å²) in [4.78, 5) is 22.0. The summed E-state index contributed by atoms with van der Waals surface area (Å²) in [6.45, 7) is 4.79. The maximum absolute atomic E-state index is 11.6. The minimum Gasteiger partial charge on any atom is -0.356 e. The molecule has 1 aromatic heterocycles. The van der Waals surface area contributed by atoms with E-state index >= 15 is 0 Å². The number of nitro groups is 1. The van der Waals surface area contributed by atoms with E-state index in [-0.39, 0.29) is 30.4 Å². The maximum atomic E-state index is 11.6. The fraction of sp³-hybridized carbons (Fsp3) is 0.667. The molecule has 0 aliphatic rings. The molecule has 0 saturated carbocycles. The molecule has 1 rings (SSSR count). The first kappa shape index (κ1) is 19.3. The first-order valence-corrected chi connectivity index (χ1v) is 6.62. The molecular formula is C12H22ClN5O3. The van der Waals surface area contributed by atoms with E-state index in [1.54, 1.807) is 13.8 Å². The molecule has 0 aliphatic heterocycles. The number of amides is 1. The van der Waals surface area contributed by atoms with Gasteiger partial charge in [-0.1, -0.05) is 0 Å². The smallest absolute Gasteiger partial charge is 0.312 e. The van der Waals surface area contributed by atoms with Crippen LogP contribution in [0.15, 0.2) is 0 Å². The van der Waals surface area contributed by atoms with Crippen molar-refractivity contribution in [2.24, 2.45) is 5.73 Å². The van der Waals surface area contributed by atoms with Crippen LogP contribution in [0.3, 0.4) is 0 Å². The summed E-state index contributed by atoms with van der Waals surface area (Å²) in [5.41, 5.74) is 6.23. The second-order valence-electron chi connectivity index (χ2n) is 4.60. The molecule has 0 aliphatic carbocycles. The Morgan fingerprint density at radius 3 is 2.62 bits per heavy atom. The third-order valence-electron chi connectivity index (χ3n) is 3.03. The normalized spacial score (nSPS) is 10.0. The fourth-order valence-corrected chi connectivity index (χ4v) is 1.96. The lowest BCUT2D eigenvalue weighted by atomic mass is 10.3. The van der Waals surface area contributed by atoms with Crippen molar-refractivity contribution in [1.82, 2.24) is 15.1 Å². The zero-order valence-electron chi connectivity index (χ0n) is 12.3. The van der Waals surface area contributed by atoms with Gasteiger partial charge < -0.3 is 11.1 Å². The Morgan fingerprint density at radius 2 is 2.10 bits per heavy atom. The van der Waals surface area contributed by atoms with E-state index in [1.165, 1.54) is 4.68 Å². The number of carbonyl (C=O) groups excluding carboxylic acids is 1. The number of unbranched alkanes of at least 4 members (excludes halogenated alkanes) is 1. The van der Waals surface area contributed by atoms with E-state index in [9.17, 15) is 14.9 Å². The maximum Gasteiger partial charge on any atom is 0.312 e. The van der Waals surface area contributed by atoms with Gasteiger partial charge in [0.2, 0.25) is 5.91 Å². The summed E-state index contributed by atoms with van der Waals surface area (Å²) >= 11 is 0. The topological polar surface area (TPSA) is 116 Å². The van der Waals surface area contributed by atoms with Gasteiger partial charge in [0.25, 0.3) is 0 Å². The second kappa shape index (κ2) is 9.30. The number of aryl methyl sites for hydroxylation is 2. The van der Waals surface area contributed by atoms with Crippen LogP contribution in [-0.4, -0.2) is 33.7 Å². The number of nitrogens with one attached hydrogen (secondary N) is 1. The Morgan fingerprint density at radius 1 is 1.43 bits per heavy atom. The van der Waals surface area contributed by atoms with Crippen LogP contribution in [0.2, 0.25) is 0 Å². The first-order chi connectivity index (χ1) is 9.47. The molecule has 3 N–H and O–H groups in total. The van der Waals surface area contributed by atoms with Crippen LogP contribution >= 0.6 is 12.4 Å². The molecule has 9 heteroatoms. The second-order valence-corrected chi connectivity index (χ2v) is 4.60. The molecular weight excluding hydrogens is 298 g/mol. The van der Waals surface area contributed by atoms with Crippen molar-refractivity contribution in [3.63, 3.8) is 0 Å². The lowest BCUT2D eigenvalue weighted by molar-refractivity contribution is -0.386. The van der Waals surface area contributed by atoms with Crippen LogP contribution in [0.5, 0.6) is 0 Å². The molecule has 0 saturated heterocycles. The molecule has 0 aromatic carbocycles. The Balaban J connectivity index is 0.00000400. The van der Waals surface area contributed by atoms with Crippen molar-refractivity contribution in [3.8, 4) is 0 Å². The standard InChI is InChI=1S/C12H21N5O3.ClH/c1-9-12(17(19)20)10(2)16(15-9)8-5-11(18)14-7-4-3-6-13;/h3-8,13H2,1-2H3,(H,14,18);1H. The zero-order chi connectivity index (χ0) is 15.1. The van der Waals surface area contributed by atoms with Crippen molar-refractivity contribution < 1.29 is 9.72 Å². The molecule has 120 valence electrons. The molecule has 1 aromatic rings. The number of nitrogens with two attached hydrogens (primary N) is 1. The van der Waals surface area contributed by atoms with E-state index in [0.717, 1.165) is 12.8 Å². The van der Waals surface area contributed by atoms with Crippen molar-refractivity contribution in [1.29, 1.82) is 0 Å². The Labute approximate surface area is 129 Å². The van der Waals surface area contributed by atoms with E-state index in [1.807, 2.05) is 0 Å². The predicted molar refractivity (Wildman–Crippen MR) is 81.5 cm³/mol. The van der Waals surface area contributed by atoms with Crippen molar-refractivity contribution in [2.45, 2.75) is 39.7 Å². The number of rotatable bonds is 8. The Hall–Kier alpha value is -1.67. The van der Waals surface area contributed by atoms with E-state index in [2.05, 4.69) is 10.4 Å². The quantitative estimate of drug-likeness (QED) is 0.422. The molecule has 0 spiro atoms. The fourth-order valence-electron chi connectivity index (χ4n) is 1.96. The predicted octanol–water partition coefficient (Wildman–Crippen LogP) is 1.08. The highest BCUT2D eigenvalue weighted by atomic mass is 35.5. The molecule has 0 radical (unpaired) electrons. The van der Waals surface area contributed by atoms with Gasteiger partial charge in [-0.25, -0.2) is 0 Å². The lowest BCUT2D eigenvalue weighted by Crippen LogP contribution is -2.26. The number of aromatic nitrogens is 2. The molecule has 21 heavy (non-hydrogen) atoms. The van der Waals surface area contributed by atoms with E-state index in [0.29, 0.717) is 31.0 Å². The summed E-state index contributed by atoms with van der Waals surface area (Å²) in [7, 11) is 0. The third-order valence-corrected chi connectivity index (χ3v) is 3.03. The molecule has 0 fully saturated rings. The van der Waals surface area contributed by atoms with Crippen LogP contribution in [0.1, 0.15) is 30.7 Å². The highest BCUT2D eigenvalue weighted by Crippen LogP contribution is 2.21. The number of hydrogen-bond acceptors (Lipinski definition) is 5. The van der Waals surface area contributed by atoms with Crippen LogP contribution in [0, 0.1) is 24.0 Å². The monoisotopic (exact) mass is 319 g/mol. The lowest BCUT2D eigenvalue weighted by Gasteiger charge is -2.05. The summed E-state index contributed by atoms with van der Waals surface area (Å²) in [5, 5.41) is 17.7.